The summed E-state index contributed by atoms with van der Waals surface area (Å²) in [6, 6.07) is 1.35. The lowest BCUT2D eigenvalue weighted by Gasteiger charge is -2.21. The standard InChI is InChI=1S/C10H18N4O4S/c1-12(2)6-7-14(8-10(15)16)19(17,18)9-4-5-11-13(9)3/h4-5H,6-8H2,1-3H3,(H,15,16). The molecule has 0 saturated heterocycles. The predicted molar refractivity (Wildman–Crippen MR) is 68.2 cm³/mol. The minimum absolute atomic E-state index is 0.0208. The summed E-state index contributed by atoms with van der Waals surface area (Å²) in [6.45, 7) is -0.0292. The van der Waals surface area contributed by atoms with Crippen LogP contribution in [0.15, 0.2) is 17.3 Å². The van der Waals surface area contributed by atoms with Crippen LogP contribution in [0.5, 0.6) is 0 Å². The van der Waals surface area contributed by atoms with Crippen LogP contribution >= 0.6 is 0 Å². The van der Waals surface area contributed by atoms with Gasteiger partial charge < -0.3 is 10.0 Å². The van der Waals surface area contributed by atoms with Crippen molar-refractivity contribution in [2.75, 3.05) is 33.7 Å². The molecule has 0 aromatic carbocycles. The Kier molecular flexibility index (Phi) is 5.04. The summed E-state index contributed by atoms with van der Waals surface area (Å²) in [5.74, 6) is -1.19. The first kappa shape index (κ1) is 15.6. The highest BCUT2D eigenvalue weighted by Crippen LogP contribution is 2.13. The molecule has 0 spiro atoms. The molecule has 1 aromatic rings. The second-order valence-electron chi connectivity index (χ2n) is 4.33. The maximum atomic E-state index is 12.3. The van der Waals surface area contributed by atoms with E-state index in [4.69, 9.17) is 5.11 Å². The Morgan fingerprint density at radius 1 is 1.42 bits per heavy atom. The molecule has 0 aliphatic heterocycles. The Hall–Kier alpha value is -1.45. The van der Waals surface area contributed by atoms with Crippen molar-refractivity contribution >= 4 is 16.0 Å². The van der Waals surface area contributed by atoms with Crippen LogP contribution in [0.25, 0.3) is 0 Å². The number of sulfonamides is 1. The molecule has 1 N–H and O–H groups in total. The maximum Gasteiger partial charge on any atom is 0.318 e. The lowest BCUT2D eigenvalue weighted by atomic mass is 10.5. The zero-order valence-electron chi connectivity index (χ0n) is 11.1. The van der Waals surface area contributed by atoms with Gasteiger partial charge in [0.05, 0.1) is 6.20 Å². The fourth-order valence-electron chi connectivity index (χ4n) is 1.49. The molecule has 0 aliphatic rings. The van der Waals surface area contributed by atoms with Gasteiger partial charge in [-0.2, -0.15) is 9.40 Å². The van der Waals surface area contributed by atoms with Crippen LogP contribution in [0.2, 0.25) is 0 Å². The fourth-order valence-corrected chi connectivity index (χ4v) is 2.97. The second-order valence-corrected chi connectivity index (χ2v) is 6.21. The van der Waals surface area contributed by atoms with E-state index in [1.165, 1.54) is 24.0 Å². The summed E-state index contributed by atoms with van der Waals surface area (Å²) in [4.78, 5) is 12.6. The Morgan fingerprint density at radius 2 is 2.05 bits per heavy atom. The van der Waals surface area contributed by atoms with Gasteiger partial charge in [0.15, 0.2) is 5.03 Å². The lowest BCUT2D eigenvalue weighted by Crippen LogP contribution is -2.40. The monoisotopic (exact) mass is 290 g/mol. The van der Waals surface area contributed by atoms with Gasteiger partial charge in [0.2, 0.25) is 0 Å². The summed E-state index contributed by atoms with van der Waals surface area (Å²) in [7, 11) is 1.22. The average Bonchev–Trinajstić information content (AvgIpc) is 2.70. The van der Waals surface area contributed by atoms with Gasteiger partial charge in [-0.3, -0.25) is 9.48 Å². The van der Waals surface area contributed by atoms with Crippen molar-refractivity contribution in [1.29, 1.82) is 0 Å². The smallest absolute Gasteiger partial charge is 0.318 e. The summed E-state index contributed by atoms with van der Waals surface area (Å²) in [5, 5.41) is 12.6. The zero-order valence-corrected chi connectivity index (χ0v) is 12.0. The predicted octanol–water partition coefficient (Wildman–Crippen LogP) is -0.943. The third-order valence-electron chi connectivity index (χ3n) is 2.49. The number of aryl methyl sites for hydroxylation is 1. The normalized spacial score (nSPS) is 12.3. The number of likely N-dealkylation sites (N-methyl/N-ethyl adjacent to an activating group) is 1. The molecule has 0 radical (unpaired) electrons. The van der Waals surface area contributed by atoms with Crippen LogP contribution in [0.1, 0.15) is 0 Å². The van der Waals surface area contributed by atoms with E-state index >= 15 is 0 Å². The van der Waals surface area contributed by atoms with Gasteiger partial charge in [-0.25, -0.2) is 8.42 Å². The van der Waals surface area contributed by atoms with Crippen molar-refractivity contribution < 1.29 is 18.3 Å². The Bertz CT molecular complexity index is 537. The molecule has 1 rings (SSSR count). The Balaban J connectivity index is 3.02. The number of carboxylic acid groups (broad SMARTS) is 1. The first-order valence-corrected chi connectivity index (χ1v) is 7.04. The van der Waals surface area contributed by atoms with Gasteiger partial charge in [0.1, 0.15) is 6.54 Å². The van der Waals surface area contributed by atoms with Gasteiger partial charge in [0, 0.05) is 20.1 Å². The van der Waals surface area contributed by atoms with Crippen molar-refractivity contribution in [3.63, 3.8) is 0 Å². The number of hydrogen-bond acceptors (Lipinski definition) is 5. The van der Waals surface area contributed by atoms with Crippen LogP contribution in [0, 0.1) is 0 Å². The molecular weight excluding hydrogens is 272 g/mol. The van der Waals surface area contributed by atoms with Crippen molar-refractivity contribution in [2.24, 2.45) is 7.05 Å². The maximum absolute atomic E-state index is 12.3. The molecule has 0 amide bonds. The van der Waals surface area contributed by atoms with E-state index in [2.05, 4.69) is 5.10 Å². The summed E-state index contributed by atoms with van der Waals surface area (Å²) < 4.78 is 26.8. The number of aliphatic carboxylic acids is 1. The molecule has 9 heteroatoms. The number of nitrogens with zero attached hydrogens (tertiary/aromatic N) is 4. The molecule has 0 bridgehead atoms. The van der Waals surface area contributed by atoms with E-state index in [1.807, 2.05) is 0 Å². The van der Waals surface area contributed by atoms with Gasteiger partial charge in [0.25, 0.3) is 10.0 Å². The van der Waals surface area contributed by atoms with Gasteiger partial charge >= 0.3 is 5.97 Å². The summed E-state index contributed by atoms with van der Waals surface area (Å²) in [5.41, 5.74) is 0. The minimum atomic E-state index is -3.85. The van der Waals surface area contributed by atoms with E-state index in [0.29, 0.717) is 6.54 Å². The molecule has 0 atom stereocenters. The third kappa shape index (κ3) is 4.01. The minimum Gasteiger partial charge on any atom is -0.480 e. The number of carboxylic acids is 1. The first-order valence-electron chi connectivity index (χ1n) is 5.60. The summed E-state index contributed by atoms with van der Waals surface area (Å²) >= 11 is 0. The highest BCUT2D eigenvalue weighted by atomic mass is 32.2. The molecular formula is C10H18N4O4S. The Labute approximate surface area is 112 Å². The third-order valence-corrected chi connectivity index (χ3v) is 4.41. The van der Waals surface area contributed by atoms with E-state index in [9.17, 15) is 13.2 Å². The highest BCUT2D eigenvalue weighted by Gasteiger charge is 2.28. The van der Waals surface area contributed by atoms with Crippen molar-refractivity contribution in [3.05, 3.63) is 12.3 Å². The van der Waals surface area contributed by atoms with Crippen LogP contribution in [0.3, 0.4) is 0 Å². The van der Waals surface area contributed by atoms with Crippen LogP contribution < -0.4 is 0 Å². The van der Waals surface area contributed by atoms with Crippen molar-refractivity contribution in [3.8, 4) is 0 Å². The molecule has 8 nitrogen and oxygen atoms in total. The quantitative estimate of drug-likeness (QED) is 0.696. The van der Waals surface area contributed by atoms with Gasteiger partial charge in [-0.05, 0) is 20.2 Å². The topological polar surface area (TPSA) is 95.7 Å². The van der Waals surface area contributed by atoms with Gasteiger partial charge in [-0.1, -0.05) is 0 Å². The molecule has 108 valence electrons. The van der Waals surface area contributed by atoms with Crippen LogP contribution in [-0.2, 0) is 21.9 Å². The SMILES string of the molecule is CN(C)CCN(CC(=O)O)S(=O)(=O)c1ccnn1C. The highest BCUT2D eigenvalue weighted by molar-refractivity contribution is 7.89. The molecule has 0 unspecified atom stereocenters. The van der Waals surface area contributed by atoms with Gasteiger partial charge in [-0.15, -0.1) is 0 Å². The number of aromatic nitrogens is 2. The molecule has 1 heterocycles. The van der Waals surface area contributed by atoms with E-state index in [1.54, 1.807) is 19.0 Å². The molecule has 1 aromatic heterocycles. The summed E-state index contributed by atoms with van der Waals surface area (Å²) in [6.07, 6.45) is 1.36. The van der Waals surface area contributed by atoms with E-state index in [0.717, 1.165) is 4.31 Å². The molecule has 0 aliphatic carbocycles. The largest absolute Gasteiger partial charge is 0.480 e. The van der Waals surface area contributed by atoms with Crippen molar-refractivity contribution in [1.82, 2.24) is 19.0 Å². The lowest BCUT2D eigenvalue weighted by molar-refractivity contribution is -0.137. The zero-order chi connectivity index (χ0) is 14.6. The average molecular weight is 290 g/mol. The molecule has 0 saturated carbocycles. The number of carbonyl (C=O) groups is 1. The molecule has 0 fully saturated rings. The second kappa shape index (κ2) is 6.13. The fraction of sp³-hybridized carbons (Fsp3) is 0.600. The first-order chi connectivity index (χ1) is 8.75. The molecule has 19 heavy (non-hydrogen) atoms. The number of hydrogen-bond donors (Lipinski definition) is 1. The Morgan fingerprint density at radius 3 is 2.47 bits per heavy atom. The van der Waals surface area contributed by atoms with Crippen LogP contribution in [0.4, 0.5) is 0 Å². The van der Waals surface area contributed by atoms with E-state index in [-0.39, 0.29) is 11.6 Å². The van der Waals surface area contributed by atoms with Crippen molar-refractivity contribution in [2.45, 2.75) is 5.03 Å². The van der Waals surface area contributed by atoms with E-state index < -0.39 is 22.5 Å². The number of rotatable bonds is 7. The van der Waals surface area contributed by atoms with Crippen LogP contribution in [-0.4, -0.2) is 72.2 Å².